The number of anilines is 2. The molecule has 0 unspecified atom stereocenters. The van der Waals surface area contributed by atoms with Gasteiger partial charge in [0.1, 0.15) is 18.1 Å². The van der Waals surface area contributed by atoms with E-state index in [4.69, 9.17) is 4.74 Å². The number of hydrogen-bond donors (Lipinski definition) is 1. The lowest BCUT2D eigenvalue weighted by atomic mass is 10.2. The third kappa shape index (κ3) is 4.95. The normalized spacial score (nSPS) is 11.1. The van der Waals surface area contributed by atoms with Crippen LogP contribution in [0.5, 0.6) is 5.75 Å². The van der Waals surface area contributed by atoms with Gasteiger partial charge in [-0.3, -0.25) is 9.10 Å². The molecule has 0 heterocycles. The Kier molecular flexibility index (Phi) is 6.25. The first-order valence-electron chi connectivity index (χ1n) is 7.49. The van der Waals surface area contributed by atoms with E-state index in [-0.39, 0.29) is 11.4 Å². The van der Waals surface area contributed by atoms with Crippen LogP contribution in [-0.2, 0) is 14.8 Å². The first kappa shape index (κ1) is 20.2. The van der Waals surface area contributed by atoms with E-state index >= 15 is 0 Å². The molecule has 9 heteroatoms. The Bertz CT molecular complexity index is 934. The molecule has 0 aliphatic heterocycles. The number of nitrogens with one attached hydrogen (secondary N) is 1. The van der Waals surface area contributed by atoms with E-state index < -0.39 is 28.3 Å². The largest absolute Gasteiger partial charge is 0.495 e. The Morgan fingerprint density at radius 1 is 1.27 bits per heavy atom. The van der Waals surface area contributed by atoms with E-state index in [1.54, 1.807) is 31.2 Å². The fraction of sp³-hybridized carbons (Fsp3) is 0.235. The molecular weight excluding hydrogens is 427 g/mol. The van der Waals surface area contributed by atoms with Crippen LogP contribution in [0.4, 0.5) is 15.8 Å². The zero-order chi connectivity index (χ0) is 19.5. The summed E-state index contributed by atoms with van der Waals surface area (Å²) in [4.78, 5) is 12.3. The highest BCUT2D eigenvalue weighted by Crippen LogP contribution is 2.31. The zero-order valence-corrected chi connectivity index (χ0v) is 16.8. The van der Waals surface area contributed by atoms with Crippen molar-refractivity contribution < 1.29 is 22.3 Å². The van der Waals surface area contributed by atoms with Crippen LogP contribution in [-0.4, -0.2) is 34.2 Å². The third-order valence-corrected chi connectivity index (χ3v) is 5.12. The topological polar surface area (TPSA) is 75.7 Å². The van der Waals surface area contributed by atoms with Gasteiger partial charge in [0.2, 0.25) is 15.9 Å². The molecule has 2 aromatic carbocycles. The van der Waals surface area contributed by atoms with Crippen LogP contribution in [0.3, 0.4) is 0 Å². The highest BCUT2D eigenvalue weighted by Gasteiger charge is 2.24. The van der Waals surface area contributed by atoms with Crippen molar-refractivity contribution in [2.45, 2.75) is 6.92 Å². The van der Waals surface area contributed by atoms with Gasteiger partial charge in [0.15, 0.2) is 0 Å². The van der Waals surface area contributed by atoms with Crippen molar-refractivity contribution in [1.29, 1.82) is 0 Å². The molecule has 0 aliphatic rings. The van der Waals surface area contributed by atoms with Crippen molar-refractivity contribution in [2.75, 3.05) is 29.5 Å². The minimum atomic E-state index is -3.78. The van der Waals surface area contributed by atoms with Crippen LogP contribution >= 0.6 is 15.9 Å². The minimum absolute atomic E-state index is 0.0390. The number of rotatable bonds is 6. The smallest absolute Gasteiger partial charge is 0.245 e. The van der Waals surface area contributed by atoms with Gasteiger partial charge in [-0.2, -0.15) is 0 Å². The molecule has 1 amide bonds. The van der Waals surface area contributed by atoms with E-state index in [1.807, 2.05) is 0 Å². The summed E-state index contributed by atoms with van der Waals surface area (Å²) in [5.74, 6) is -1.00. The highest BCUT2D eigenvalue weighted by molar-refractivity contribution is 9.10. The summed E-state index contributed by atoms with van der Waals surface area (Å²) in [7, 11) is -2.37. The number of hydrogen-bond acceptors (Lipinski definition) is 4. The number of amides is 1. The van der Waals surface area contributed by atoms with Crippen molar-refractivity contribution in [3.8, 4) is 5.75 Å². The lowest BCUT2D eigenvalue weighted by molar-refractivity contribution is -0.114. The molecule has 0 saturated heterocycles. The summed E-state index contributed by atoms with van der Waals surface area (Å²) >= 11 is 3.13. The summed E-state index contributed by atoms with van der Waals surface area (Å²) in [5.41, 5.74) is 0.998. The summed E-state index contributed by atoms with van der Waals surface area (Å²) in [6, 6.07) is 9.14. The molecule has 0 bridgehead atoms. The summed E-state index contributed by atoms with van der Waals surface area (Å²) in [6.45, 7) is 1.27. The standard InChI is InChI=1S/C17H18BrFN2O4S/c1-11-4-7-16(25-2)15(8-11)21(26(3,23)24)10-17(22)20-14-6-5-12(18)9-13(14)19/h4-9H,10H2,1-3H3,(H,20,22). The predicted molar refractivity (Wildman–Crippen MR) is 103 cm³/mol. The Labute approximate surface area is 160 Å². The maximum absolute atomic E-state index is 13.9. The van der Waals surface area contributed by atoms with Gasteiger partial charge in [-0.25, -0.2) is 12.8 Å². The summed E-state index contributed by atoms with van der Waals surface area (Å²) in [5, 5.41) is 2.38. The fourth-order valence-corrected chi connectivity index (χ4v) is 3.47. The van der Waals surface area contributed by atoms with Crippen LogP contribution in [0.2, 0.25) is 0 Å². The van der Waals surface area contributed by atoms with Crippen molar-refractivity contribution in [1.82, 2.24) is 0 Å². The van der Waals surface area contributed by atoms with Gasteiger partial charge >= 0.3 is 0 Å². The maximum Gasteiger partial charge on any atom is 0.245 e. The van der Waals surface area contributed by atoms with E-state index in [0.717, 1.165) is 16.1 Å². The molecule has 0 aliphatic carbocycles. The molecular formula is C17H18BrFN2O4S. The van der Waals surface area contributed by atoms with E-state index in [2.05, 4.69) is 21.2 Å². The van der Waals surface area contributed by atoms with Crippen molar-refractivity contribution >= 4 is 43.2 Å². The Hall–Kier alpha value is -2.13. The molecule has 6 nitrogen and oxygen atoms in total. The van der Waals surface area contributed by atoms with Crippen LogP contribution in [0.25, 0.3) is 0 Å². The van der Waals surface area contributed by atoms with Crippen LogP contribution < -0.4 is 14.4 Å². The van der Waals surface area contributed by atoms with Gasteiger partial charge in [0.25, 0.3) is 0 Å². The molecule has 140 valence electrons. The quantitative estimate of drug-likeness (QED) is 0.741. The molecule has 0 radical (unpaired) electrons. The third-order valence-electron chi connectivity index (χ3n) is 3.50. The number of methoxy groups -OCH3 is 1. The molecule has 0 spiro atoms. The van der Waals surface area contributed by atoms with Gasteiger partial charge in [-0.1, -0.05) is 22.0 Å². The molecule has 0 atom stereocenters. The second kappa shape index (κ2) is 8.05. The van der Waals surface area contributed by atoms with Gasteiger partial charge in [0, 0.05) is 4.47 Å². The average Bonchev–Trinajstić information content (AvgIpc) is 2.54. The monoisotopic (exact) mass is 444 g/mol. The zero-order valence-electron chi connectivity index (χ0n) is 14.4. The molecule has 2 aromatic rings. The minimum Gasteiger partial charge on any atom is -0.495 e. The van der Waals surface area contributed by atoms with E-state index in [1.165, 1.54) is 19.2 Å². The number of sulfonamides is 1. The maximum atomic E-state index is 13.9. The number of carbonyl (C=O) groups excluding carboxylic acids is 1. The lowest BCUT2D eigenvalue weighted by Gasteiger charge is -2.24. The molecule has 0 saturated carbocycles. The molecule has 1 N–H and O–H groups in total. The van der Waals surface area contributed by atoms with Crippen LogP contribution in [0, 0.1) is 12.7 Å². The van der Waals surface area contributed by atoms with Crippen LogP contribution in [0.1, 0.15) is 5.56 Å². The Balaban J connectivity index is 2.32. The number of benzene rings is 2. The number of ether oxygens (including phenoxy) is 1. The molecule has 0 aromatic heterocycles. The fourth-order valence-electron chi connectivity index (χ4n) is 2.29. The van der Waals surface area contributed by atoms with E-state index in [9.17, 15) is 17.6 Å². The number of nitrogens with zero attached hydrogens (tertiary/aromatic N) is 1. The van der Waals surface area contributed by atoms with Crippen molar-refractivity contribution in [3.05, 3.63) is 52.3 Å². The molecule has 26 heavy (non-hydrogen) atoms. The second-order valence-electron chi connectivity index (χ2n) is 5.62. The highest BCUT2D eigenvalue weighted by atomic mass is 79.9. The average molecular weight is 445 g/mol. The SMILES string of the molecule is COc1ccc(C)cc1N(CC(=O)Nc1ccc(Br)cc1F)S(C)(=O)=O. The number of carbonyl (C=O) groups is 1. The summed E-state index contributed by atoms with van der Waals surface area (Å²) in [6.07, 6.45) is 0.988. The predicted octanol–water partition coefficient (Wildman–Crippen LogP) is 3.31. The van der Waals surface area contributed by atoms with Gasteiger partial charge in [-0.05, 0) is 42.8 Å². The number of aryl methyl sites for hydroxylation is 1. The Morgan fingerprint density at radius 3 is 2.54 bits per heavy atom. The lowest BCUT2D eigenvalue weighted by Crippen LogP contribution is -2.37. The van der Waals surface area contributed by atoms with E-state index in [0.29, 0.717) is 10.2 Å². The van der Waals surface area contributed by atoms with Crippen molar-refractivity contribution in [2.24, 2.45) is 0 Å². The van der Waals surface area contributed by atoms with Gasteiger partial charge < -0.3 is 10.1 Å². The molecule has 2 rings (SSSR count). The van der Waals surface area contributed by atoms with Crippen LogP contribution in [0.15, 0.2) is 40.9 Å². The number of halogens is 2. The van der Waals surface area contributed by atoms with Gasteiger partial charge in [0.05, 0.1) is 24.7 Å². The Morgan fingerprint density at radius 2 is 1.96 bits per heavy atom. The first-order valence-corrected chi connectivity index (χ1v) is 10.1. The van der Waals surface area contributed by atoms with Crippen molar-refractivity contribution in [3.63, 3.8) is 0 Å². The first-order chi connectivity index (χ1) is 12.1. The molecule has 0 fully saturated rings. The second-order valence-corrected chi connectivity index (χ2v) is 8.44. The summed E-state index contributed by atoms with van der Waals surface area (Å²) < 4.78 is 45.0. The van der Waals surface area contributed by atoms with Gasteiger partial charge in [-0.15, -0.1) is 0 Å².